The predicted octanol–water partition coefficient (Wildman–Crippen LogP) is 5.64. The average Bonchev–Trinajstić information content (AvgIpc) is 3.52. The summed E-state index contributed by atoms with van der Waals surface area (Å²) in [6, 6.07) is 15.2. The Morgan fingerprint density at radius 3 is 2.55 bits per heavy atom. The van der Waals surface area contributed by atoms with E-state index >= 15 is 0 Å². The lowest BCUT2D eigenvalue weighted by Gasteiger charge is -2.39. The van der Waals surface area contributed by atoms with Crippen molar-refractivity contribution in [1.29, 1.82) is 0 Å². The first-order valence-corrected chi connectivity index (χ1v) is 14.5. The second-order valence-corrected chi connectivity index (χ2v) is 11.9. The molecule has 0 spiro atoms. The van der Waals surface area contributed by atoms with E-state index in [0.717, 1.165) is 66.3 Å². The van der Waals surface area contributed by atoms with Crippen LogP contribution >= 0.6 is 0 Å². The molecule has 3 saturated heterocycles. The summed E-state index contributed by atoms with van der Waals surface area (Å²) >= 11 is 0. The van der Waals surface area contributed by atoms with Gasteiger partial charge in [-0.3, -0.25) is 14.3 Å². The minimum atomic E-state index is -0.0270. The zero-order chi connectivity index (χ0) is 25.6. The molecule has 6 nitrogen and oxygen atoms in total. The minimum Gasteiger partial charge on any atom is -0.491 e. The molecule has 1 aliphatic carbocycles. The molecule has 200 valence electrons. The van der Waals surface area contributed by atoms with E-state index in [1.54, 1.807) is 4.57 Å². The molecule has 4 aliphatic rings. The molecule has 0 radical (unpaired) electrons. The van der Waals surface area contributed by atoms with Crippen LogP contribution in [0.4, 0.5) is 0 Å². The molecular formula is C32H38N2O4. The fraction of sp³-hybridized carbons (Fsp3) is 0.531. The van der Waals surface area contributed by atoms with Gasteiger partial charge < -0.3 is 14.2 Å². The van der Waals surface area contributed by atoms with E-state index in [9.17, 15) is 4.79 Å². The quantitative estimate of drug-likeness (QED) is 0.389. The molecule has 3 aromatic rings. The molecule has 6 heteroatoms. The van der Waals surface area contributed by atoms with Crippen LogP contribution in [0.3, 0.4) is 0 Å². The van der Waals surface area contributed by atoms with E-state index in [1.807, 2.05) is 42.6 Å². The van der Waals surface area contributed by atoms with Crippen LogP contribution in [0.5, 0.6) is 11.5 Å². The number of piperidine rings is 1. The summed E-state index contributed by atoms with van der Waals surface area (Å²) in [6.07, 6.45) is 12.2. The third-order valence-corrected chi connectivity index (χ3v) is 9.07. The van der Waals surface area contributed by atoms with Crippen molar-refractivity contribution in [3.05, 3.63) is 64.6 Å². The van der Waals surface area contributed by atoms with E-state index in [0.29, 0.717) is 24.1 Å². The molecule has 1 saturated carbocycles. The monoisotopic (exact) mass is 514 g/mol. The Hall–Kier alpha value is -2.83. The first-order valence-electron chi connectivity index (χ1n) is 14.5. The molecule has 3 aliphatic heterocycles. The average molecular weight is 515 g/mol. The van der Waals surface area contributed by atoms with E-state index in [2.05, 4.69) is 17.9 Å². The van der Waals surface area contributed by atoms with E-state index < -0.39 is 0 Å². The Bertz CT molecular complexity index is 1360. The number of nitrogens with zero attached hydrogens (tertiary/aromatic N) is 2. The molecule has 38 heavy (non-hydrogen) atoms. The van der Waals surface area contributed by atoms with Crippen LogP contribution in [-0.4, -0.2) is 53.5 Å². The van der Waals surface area contributed by atoms with Crippen molar-refractivity contribution in [3.8, 4) is 17.2 Å². The van der Waals surface area contributed by atoms with Crippen LogP contribution in [0.15, 0.2) is 53.5 Å². The van der Waals surface area contributed by atoms with E-state index in [-0.39, 0.29) is 17.8 Å². The van der Waals surface area contributed by atoms with Crippen molar-refractivity contribution in [3.63, 3.8) is 0 Å². The van der Waals surface area contributed by atoms with Crippen LogP contribution in [0.2, 0.25) is 0 Å². The first-order chi connectivity index (χ1) is 18.6. The van der Waals surface area contributed by atoms with Gasteiger partial charge in [0.2, 0.25) is 0 Å². The number of aromatic nitrogens is 1. The van der Waals surface area contributed by atoms with Gasteiger partial charge in [0.25, 0.3) is 5.56 Å². The van der Waals surface area contributed by atoms with Crippen LogP contribution in [0.25, 0.3) is 16.5 Å². The van der Waals surface area contributed by atoms with Crippen LogP contribution in [0.1, 0.15) is 56.9 Å². The molecule has 1 aromatic heterocycles. The van der Waals surface area contributed by atoms with Crippen molar-refractivity contribution in [1.82, 2.24) is 9.47 Å². The molecule has 4 fully saturated rings. The molecule has 1 unspecified atom stereocenters. The largest absolute Gasteiger partial charge is 0.491 e. The van der Waals surface area contributed by atoms with Gasteiger partial charge in [0.1, 0.15) is 24.2 Å². The van der Waals surface area contributed by atoms with Crippen LogP contribution in [-0.2, 0) is 4.74 Å². The molecule has 4 heterocycles. The van der Waals surface area contributed by atoms with Crippen molar-refractivity contribution in [2.24, 2.45) is 5.92 Å². The van der Waals surface area contributed by atoms with E-state index in [1.165, 1.54) is 32.2 Å². The molecule has 0 N–H and O–H groups in total. The topological polar surface area (TPSA) is 52.9 Å². The fourth-order valence-electron chi connectivity index (χ4n) is 6.80. The summed E-state index contributed by atoms with van der Waals surface area (Å²) in [7, 11) is 0. The second kappa shape index (κ2) is 10.0. The summed E-state index contributed by atoms with van der Waals surface area (Å²) in [5.41, 5.74) is 1.90. The maximum Gasteiger partial charge on any atom is 0.262 e. The Balaban J connectivity index is 1.04. The highest BCUT2D eigenvalue weighted by molar-refractivity contribution is 5.83. The first kappa shape index (κ1) is 24.2. The SMILES string of the molecule is Cc1cc(-n2ccc3cc(OC[C@H]4CCCO4)ccc3c2=O)ccc1OC1C[C@H]2CC[C@@H](C1)N2CC1CC1. The number of aryl methyl sites for hydroxylation is 1. The summed E-state index contributed by atoms with van der Waals surface area (Å²) in [5, 5.41) is 1.57. The third-order valence-electron chi connectivity index (χ3n) is 9.07. The Kier molecular flexibility index (Phi) is 6.41. The van der Waals surface area contributed by atoms with Gasteiger partial charge in [-0.1, -0.05) is 0 Å². The van der Waals surface area contributed by atoms with Crippen molar-refractivity contribution < 1.29 is 14.2 Å². The van der Waals surface area contributed by atoms with Crippen LogP contribution in [0, 0.1) is 12.8 Å². The van der Waals surface area contributed by atoms with Gasteiger partial charge in [-0.25, -0.2) is 0 Å². The lowest BCUT2D eigenvalue weighted by Crippen LogP contribution is -2.47. The smallest absolute Gasteiger partial charge is 0.262 e. The summed E-state index contributed by atoms with van der Waals surface area (Å²) in [6.45, 7) is 4.76. The summed E-state index contributed by atoms with van der Waals surface area (Å²) in [5.74, 6) is 2.67. The molecule has 4 atom stereocenters. The Labute approximate surface area is 224 Å². The highest BCUT2D eigenvalue weighted by Gasteiger charge is 2.43. The molecule has 7 rings (SSSR count). The highest BCUT2D eigenvalue weighted by atomic mass is 16.5. The summed E-state index contributed by atoms with van der Waals surface area (Å²) in [4.78, 5) is 16.2. The third kappa shape index (κ3) is 4.85. The van der Waals surface area contributed by atoms with Gasteiger partial charge in [-0.15, -0.1) is 0 Å². The number of rotatable bonds is 8. The normalized spacial score (nSPS) is 27.2. The standard InChI is InChI=1S/C32H38N2O4/c1-21-15-24(8-11-31(21)38-29-17-25-6-7-26(18-29)34(25)19-22-4-5-22)33-13-12-23-16-27(9-10-30(23)32(33)35)37-20-28-3-2-14-36-28/h8-13,15-16,22,25-26,28-29H,2-7,14,17-20H2,1H3/t25-,26+,28-,29?/m1/s1. The zero-order valence-electron chi connectivity index (χ0n) is 22.3. The number of ether oxygens (including phenoxy) is 3. The van der Waals surface area contributed by atoms with Gasteiger partial charge in [0, 0.05) is 42.5 Å². The number of pyridine rings is 1. The van der Waals surface area contributed by atoms with Crippen molar-refractivity contribution in [2.75, 3.05) is 19.8 Å². The zero-order valence-corrected chi connectivity index (χ0v) is 22.3. The number of fused-ring (bicyclic) bond motifs is 3. The lowest BCUT2D eigenvalue weighted by atomic mass is 9.99. The van der Waals surface area contributed by atoms with Gasteiger partial charge >= 0.3 is 0 Å². The maximum atomic E-state index is 13.4. The highest BCUT2D eigenvalue weighted by Crippen LogP contribution is 2.41. The number of benzene rings is 2. The number of hydrogen-bond donors (Lipinski definition) is 0. The fourth-order valence-corrected chi connectivity index (χ4v) is 6.80. The van der Waals surface area contributed by atoms with Crippen molar-refractivity contribution in [2.45, 2.75) is 82.6 Å². The molecule has 0 amide bonds. The summed E-state index contributed by atoms with van der Waals surface area (Å²) < 4.78 is 19.9. The molecular weight excluding hydrogens is 476 g/mol. The van der Waals surface area contributed by atoms with Gasteiger partial charge in [0.15, 0.2) is 0 Å². The number of hydrogen-bond acceptors (Lipinski definition) is 5. The van der Waals surface area contributed by atoms with Crippen molar-refractivity contribution >= 4 is 10.8 Å². The van der Waals surface area contributed by atoms with Gasteiger partial charge in [-0.05, 0) is 118 Å². The second-order valence-electron chi connectivity index (χ2n) is 11.9. The Morgan fingerprint density at radius 2 is 1.82 bits per heavy atom. The van der Waals surface area contributed by atoms with Crippen LogP contribution < -0.4 is 15.0 Å². The van der Waals surface area contributed by atoms with Gasteiger partial charge in [-0.2, -0.15) is 0 Å². The van der Waals surface area contributed by atoms with Gasteiger partial charge in [0.05, 0.1) is 6.10 Å². The minimum absolute atomic E-state index is 0.0270. The molecule has 2 bridgehead atoms. The molecule has 2 aromatic carbocycles. The lowest BCUT2D eigenvalue weighted by molar-refractivity contribution is 0.0463. The predicted molar refractivity (Wildman–Crippen MR) is 149 cm³/mol. The van der Waals surface area contributed by atoms with E-state index in [4.69, 9.17) is 14.2 Å². The maximum absolute atomic E-state index is 13.4. The Morgan fingerprint density at radius 1 is 0.974 bits per heavy atom.